The number of anilines is 1. The lowest BCUT2D eigenvalue weighted by atomic mass is 10.1. The number of ether oxygens (including phenoxy) is 1. The van der Waals surface area contributed by atoms with Crippen LogP contribution in [0.15, 0.2) is 43.0 Å². The van der Waals surface area contributed by atoms with E-state index < -0.39 is 16.6 Å². The predicted molar refractivity (Wildman–Crippen MR) is 174 cm³/mol. The van der Waals surface area contributed by atoms with E-state index >= 15 is 0 Å². The summed E-state index contributed by atoms with van der Waals surface area (Å²) in [6.07, 6.45) is 2.72. The Labute approximate surface area is 253 Å². The molecule has 0 spiro atoms. The van der Waals surface area contributed by atoms with Gasteiger partial charge in [0.2, 0.25) is 0 Å². The third-order valence-corrected chi connectivity index (χ3v) is 19.1. The number of nitrogens with one attached hydrogen (secondary N) is 1. The van der Waals surface area contributed by atoms with Gasteiger partial charge in [-0.1, -0.05) is 71.9 Å². The lowest BCUT2D eigenvalue weighted by Crippen LogP contribution is -2.52. The van der Waals surface area contributed by atoms with Crippen molar-refractivity contribution in [1.82, 2.24) is 24.4 Å². The van der Waals surface area contributed by atoms with Crippen LogP contribution in [-0.2, 0) is 20.1 Å². The molecular formula is C31H50N6O3Si2. The fourth-order valence-electron chi connectivity index (χ4n) is 6.38. The van der Waals surface area contributed by atoms with Gasteiger partial charge in [0.25, 0.3) is 0 Å². The maximum absolute atomic E-state index is 7.38. The van der Waals surface area contributed by atoms with Gasteiger partial charge in [-0.2, -0.15) is 0 Å². The van der Waals surface area contributed by atoms with Gasteiger partial charge in [0.15, 0.2) is 39.8 Å². The summed E-state index contributed by atoms with van der Waals surface area (Å²) < 4.78 is 23.8. The van der Waals surface area contributed by atoms with Crippen molar-refractivity contribution in [2.24, 2.45) is 0 Å². The second-order valence-corrected chi connectivity index (χ2v) is 21.3. The average Bonchev–Trinajstić information content (AvgIpc) is 3.67. The summed E-state index contributed by atoms with van der Waals surface area (Å²) in [5, 5.41) is 3.47. The Hall–Kier alpha value is -2.16. The Morgan fingerprint density at radius 3 is 2.05 bits per heavy atom. The first-order valence-electron chi connectivity index (χ1n) is 16.1. The van der Waals surface area contributed by atoms with Crippen LogP contribution in [0.3, 0.4) is 0 Å². The van der Waals surface area contributed by atoms with Crippen LogP contribution in [0.2, 0.25) is 36.3 Å². The molecule has 0 unspecified atom stereocenters. The van der Waals surface area contributed by atoms with Gasteiger partial charge >= 0.3 is 0 Å². The Morgan fingerprint density at radius 1 is 0.833 bits per heavy atom. The molecule has 11 heteroatoms. The van der Waals surface area contributed by atoms with Gasteiger partial charge in [-0.3, -0.25) is 9.47 Å². The van der Waals surface area contributed by atoms with E-state index in [-0.39, 0.29) is 24.5 Å². The molecule has 9 nitrogen and oxygen atoms in total. The highest BCUT2D eigenvalue weighted by atomic mass is 28.4. The van der Waals surface area contributed by atoms with Gasteiger partial charge in [0, 0.05) is 26.2 Å². The van der Waals surface area contributed by atoms with E-state index in [0.29, 0.717) is 6.54 Å². The van der Waals surface area contributed by atoms with Gasteiger partial charge in [-0.15, -0.1) is 0 Å². The molecule has 4 atom stereocenters. The number of hydrogen-bond acceptors (Lipinski definition) is 8. The van der Waals surface area contributed by atoms with Crippen molar-refractivity contribution in [2.45, 2.75) is 109 Å². The van der Waals surface area contributed by atoms with E-state index in [9.17, 15) is 0 Å². The normalized spacial score (nSPS) is 23.1. The highest BCUT2D eigenvalue weighted by Gasteiger charge is 2.53. The lowest BCUT2D eigenvalue weighted by molar-refractivity contribution is -0.0343. The molecule has 2 aromatic heterocycles. The number of benzene rings is 1. The minimum absolute atomic E-state index is 0.0637. The lowest BCUT2D eigenvalue weighted by Gasteiger charge is -2.39. The Morgan fingerprint density at radius 2 is 1.45 bits per heavy atom. The zero-order chi connectivity index (χ0) is 29.7. The molecule has 230 valence electrons. The zero-order valence-electron chi connectivity index (χ0n) is 26.4. The van der Waals surface area contributed by atoms with E-state index in [4.69, 9.17) is 23.6 Å². The highest BCUT2D eigenvalue weighted by molar-refractivity contribution is 6.74. The molecule has 1 N–H and O–H groups in total. The quantitative estimate of drug-likeness (QED) is 0.147. The van der Waals surface area contributed by atoms with Gasteiger partial charge in [-0.25, -0.2) is 15.0 Å². The number of nitrogens with zero attached hydrogens (tertiary/aromatic N) is 5. The minimum Gasteiger partial charge on any atom is -0.408 e. The van der Waals surface area contributed by atoms with Crippen LogP contribution in [0.5, 0.6) is 0 Å². The zero-order valence-corrected chi connectivity index (χ0v) is 28.4. The van der Waals surface area contributed by atoms with Gasteiger partial charge < -0.3 is 18.9 Å². The van der Waals surface area contributed by atoms with Crippen molar-refractivity contribution in [2.75, 3.05) is 25.0 Å². The van der Waals surface area contributed by atoms with E-state index in [1.807, 2.05) is 24.5 Å². The SMILES string of the molecule is CC[Si](CC)(CC)O[C@@H]1[C@H](O[Si](CC)(CC)CC)[C@@H](CN2CC2)O[C@H]1n1cnc2c(NCc3ccccc3)ncnc21. The van der Waals surface area contributed by atoms with Crippen LogP contribution >= 0.6 is 0 Å². The number of hydrogen-bond donors (Lipinski definition) is 1. The molecule has 0 amide bonds. The topological polar surface area (TPSA) is 86.3 Å². The van der Waals surface area contributed by atoms with E-state index in [1.165, 1.54) is 5.56 Å². The molecule has 42 heavy (non-hydrogen) atoms. The second-order valence-electron chi connectivity index (χ2n) is 11.9. The maximum Gasteiger partial charge on any atom is 0.192 e. The summed E-state index contributed by atoms with van der Waals surface area (Å²) in [5.74, 6) is 0.722. The number of fused-ring (bicyclic) bond motifs is 1. The molecule has 2 aliphatic heterocycles. The summed E-state index contributed by atoms with van der Waals surface area (Å²) in [5.41, 5.74) is 2.68. The van der Waals surface area contributed by atoms with Gasteiger partial charge in [0.05, 0.1) is 6.33 Å². The second kappa shape index (κ2) is 13.6. The van der Waals surface area contributed by atoms with Crippen LogP contribution in [0, 0.1) is 0 Å². The molecule has 0 saturated carbocycles. The molecule has 2 fully saturated rings. The highest BCUT2D eigenvalue weighted by Crippen LogP contribution is 2.42. The van der Waals surface area contributed by atoms with Crippen molar-refractivity contribution in [3.05, 3.63) is 48.5 Å². The van der Waals surface area contributed by atoms with Crippen molar-refractivity contribution in [1.29, 1.82) is 0 Å². The molecule has 2 saturated heterocycles. The molecule has 0 bridgehead atoms. The summed E-state index contributed by atoms with van der Waals surface area (Å²) in [6, 6.07) is 16.8. The van der Waals surface area contributed by atoms with Gasteiger partial charge in [-0.05, 0) is 41.8 Å². The molecular weight excluding hydrogens is 561 g/mol. The first-order chi connectivity index (χ1) is 20.4. The number of rotatable bonds is 16. The summed E-state index contributed by atoms with van der Waals surface area (Å²) in [7, 11) is -3.95. The smallest absolute Gasteiger partial charge is 0.192 e. The van der Waals surface area contributed by atoms with Crippen LogP contribution in [0.1, 0.15) is 53.3 Å². The first-order valence-corrected chi connectivity index (χ1v) is 21.2. The fraction of sp³-hybridized carbons (Fsp3) is 0.645. The Kier molecular flexibility index (Phi) is 10.2. The Balaban J connectivity index is 1.53. The molecule has 5 rings (SSSR count). The molecule has 2 aliphatic rings. The molecule has 3 aromatic rings. The van der Waals surface area contributed by atoms with Crippen LogP contribution in [-0.4, -0.2) is 79.0 Å². The van der Waals surface area contributed by atoms with E-state index in [0.717, 1.165) is 72.9 Å². The average molecular weight is 611 g/mol. The van der Waals surface area contributed by atoms with E-state index in [1.54, 1.807) is 6.33 Å². The Bertz CT molecular complexity index is 1270. The van der Waals surface area contributed by atoms with Crippen molar-refractivity contribution in [3.8, 4) is 0 Å². The van der Waals surface area contributed by atoms with E-state index in [2.05, 4.69) is 73.4 Å². The largest absolute Gasteiger partial charge is 0.408 e. The molecule has 0 radical (unpaired) electrons. The third kappa shape index (κ3) is 6.51. The summed E-state index contributed by atoms with van der Waals surface area (Å²) in [6.45, 7) is 17.6. The monoisotopic (exact) mass is 610 g/mol. The van der Waals surface area contributed by atoms with Gasteiger partial charge in [0.1, 0.15) is 24.6 Å². The number of aromatic nitrogens is 4. The molecule has 0 aliphatic carbocycles. The third-order valence-electron chi connectivity index (χ3n) is 9.84. The summed E-state index contributed by atoms with van der Waals surface area (Å²) >= 11 is 0. The minimum atomic E-state index is -2.00. The maximum atomic E-state index is 7.38. The van der Waals surface area contributed by atoms with Crippen molar-refractivity contribution >= 4 is 33.6 Å². The predicted octanol–water partition coefficient (Wildman–Crippen LogP) is 6.43. The standard InChI is InChI=1S/C31H50N6O3Si2/c1-7-41(8-2,9-3)39-27-25(21-36-18-19-36)38-31(28(27)40-42(10-4,11-5)12-6)37-23-35-26-29(33-22-34-30(26)37)32-20-24-16-14-13-15-17-24/h13-17,22-23,25,27-28,31H,7-12,18-21H2,1-6H3,(H,32,33,34)/t25-,27-,28-,31-/m1/s1. The fourth-order valence-corrected chi connectivity index (χ4v) is 12.1. The van der Waals surface area contributed by atoms with Crippen molar-refractivity contribution in [3.63, 3.8) is 0 Å². The van der Waals surface area contributed by atoms with Crippen LogP contribution in [0.4, 0.5) is 5.82 Å². The molecule has 1 aromatic carbocycles. The molecule has 4 heterocycles. The number of imidazole rings is 1. The van der Waals surface area contributed by atoms with Crippen LogP contribution in [0.25, 0.3) is 11.2 Å². The van der Waals surface area contributed by atoms with Crippen molar-refractivity contribution < 1.29 is 13.6 Å². The summed E-state index contributed by atoms with van der Waals surface area (Å²) in [4.78, 5) is 16.5. The first kappa shape index (κ1) is 31.3. The van der Waals surface area contributed by atoms with Crippen LogP contribution < -0.4 is 5.32 Å².